The third kappa shape index (κ3) is 1.19. The maximum Gasteiger partial charge on any atom is 0.159 e. The van der Waals surface area contributed by atoms with Crippen LogP contribution in [-0.2, 0) is 4.79 Å². The Hall–Kier alpha value is -1.11. The molecule has 0 radical (unpaired) electrons. The van der Waals surface area contributed by atoms with Gasteiger partial charge in [0, 0.05) is 5.92 Å². The third-order valence-corrected chi connectivity index (χ3v) is 3.26. The van der Waals surface area contributed by atoms with Gasteiger partial charge in [0.15, 0.2) is 5.78 Å². The molecule has 0 aromatic rings. The van der Waals surface area contributed by atoms with Crippen molar-refractivity contribution in [3.8, 4) is 0 Å². The van der Waals surface area contributed by atoms with Crippen LogP contribution in [0, 0.1) is 17.8 Å². The molecule has 0 unspecified atom stereocenters. The van der Waals surface area contributed by atoms with Crippen LogP contribution in [0.1, 0.15) is 12.8 Å². The van der Waals surface area contributed by atoms with Crippen molar-refractivity contribution in [2.45, 2.75) is 12.8 Å². The Morgan fingerprint density at radius 3 is 2.85 bits per heavy atom. The molecule has 1 heteroatoms. The van der Waals surface area contributed by atoms with Gasteiger partial charge in [-0.05, 0) is 30.8 Å². The Kier molecular flexibility index (Phi) is 1.95. The SMILES string of the molecule is C=C[C@H]1CC[C@H]2C(=O)C=CC(=C)[C@@H]12. The summed E-state index contributed by atoms with van der Waals surface area (Å²) in [6, 6.07) is 0. The minimum absolute atomic E-state index is 0.195. The van der Waals surface area contributed by atoms with Crippen LogP contribution < -0.4 is 0 Å². The van der Waals surface area contributed by atoms with Crippen LogP contribution in [0.5, 0.6) is 0 Å². The monoisotopic (exact) mass is 174 g/mol. The smallest absolute Gasteiger partial charge is 0.159 e. The quantitative estimate of drug-likeness (QED) is 0.558. The average molecular weight is 174 g/mol. The summed E-state index contributed by atoms with van der Waals surface area (Å²) in [7, 11) is 0. The molecule has 0 bridgehead atoms. The van der Waals surface area contributed by atoms with Crippen LogP contribution in [0.15, 0.2) is 37.0 Å². The summed E-state index contributed by atoms with van der Waals surface area (Å²) in [6.07, 6.45) is 7.61. The highest BCUT2D eigenvalue weighted by molar-refractivity contribution is 5.94. The summed E-state index contributed by atoms with van der Waals surface area (Å²) in [6.45, 7) is 7.82. The summed E-state index contributed by atoms with van der Waals surface area (Å²) in [4.78, 5) is 11.5. The Morgan fingerprint density at radius 2 is 2.15 bits per heavy atom. The van der Waals surface area contributed by atoms with E-state index in [0.717, 1.165) is 18.4 Å². The van der Waals surface area contributed by atoms with E-state index in [1.165, 1.54) is 0 Å². The van der Waals surface area contributed by atoms with Gasteiger partial charge in [0.05, 0.1) is 0 Å². The van der Waals surface area contributed by atoms with Crippen molar-refractivity contribution in [2.24, 2.45) is 17.8 Å². The first-order valence-electron chi connectivity index (χ1n) is 4.77. The first-order valence-corrected chi connectivity index (χ1v) is 4.77. The van der Waals surface area contributed by atoms with E-state index >= 15 is 0 Å². The molecule has 1 nitrogen and oxygen atoms in total. The summed E-state index contributed by atoms with van der Waals surface area (Å²) < 4.78 is 0. The van der Waals surface area contributed by atoms with E-state index in [1.54, 1.807) is 6.08 Å². The van der Waals surface area contributed by atoms with E-state index in [-0.39, 0.29) is 11.7 Å². The molecule has 0 spiro atoms. The average Bonchev–Trinajstić information content (AvgIpc) is 2.56. The summed E-state index contributed by atoms with van der Waals surface area (Å²) in [5, 5.41) is 0. The normalized spacial score (nSPS) is 37.7. The van der Waals surface area contributed by atoms with Gasteiger partial charge in [-0.15, -0.1) is 6.58 Å². The first-order chi connectivity index (χ1) is 6.24. The van der Waals surface area contributed by atoms with Crippen LogP contribution in [0.2, 0.25) is 0 Å². The van der Waals surface area contributed by atoms with Crippen molar-refractivity contribution in [3.05, 3.63) is 37.0 Å². The van der Waals surface area contributed by atoms with Crippen LogP contribution in [0.25, 0.3) is 0 Å². The highest BCUT2D eigenvalue weighted by Gasteiger charge is 2.40. The zero-order valence-corrected chi connectivity index (χ0v) is 7.70. The highest BCUT2D eigenvalue weighted by Crippen LogP contribution is 2.44. The second kappa shape index (κ2) is 2.99. The number of fused-ring (bicyclic) bond motifs is 1. The van der Waals surface area contributed by atoms with Crippen LogP contribution in [0.4, 0.5) is 0 Å². The maximum absolute atomic E-state index is 11.5. The van der Waals surface area contributed by atoms with Crippen molar-refractivity contribution in [1.82, 2.24) is 0 Å². The van der Waals surface area contributed by atoms with Crippen molar-refractivity contribution >= 4 is 5.78 Å². The number of hydrogen-bond acceptors (Lipinski definition) is 1. The number of hydrogen-bond donors (Lipinski definition) is 0. The Balaban J connectivity index is 2.33. The number of ketones is 1. The zero-order valence-electron chi connectivity index (χ0n) is 7.70. The van der Waals surface area contributed by atoms with Crippen LogP contribution >= 0.6 is 0 Å². The Labute approximate surface area is 78.8 Å². The predicted molar refractivity (Wildman–Crippen MR) is 53.2 cm³/mol. The molecule has 13 heavy (non-hydrogen) atoms. The fourth-order valence-electron chi connectivity index (χ4n) is 2.57. The van der Waals surface area contributed by atoms with Gasteiger partial charge in [-0.25, -0.2) is 0 Å². The van der Waals surface area contributed by atoms with Gasteiger partial charge in [-0.3, -0.25) is 4.79 Å². The standard InChI is InChI=1S/C12H14O/c1-3-9-5-6-10-11(13)7-4-8(2)12(9)10/h3-4,7,9-10,12H,1-2,5-6H2/t9-,10-,12-/m0/s1. The maximum atomic E-state index is 11.5. The largest absolute Gasteiger partial charge is 0.295 e. The Morgan fingerprint density at radius 1 is 1.38 bits per heavy atom. The van der Waals surface area contributed by atoms with E-state index in [1.807, 2.05) is 12.2 Å². The second-order valence-electron chi connectivity index (χ2n) is 3.92. The molecule has 3 atom stereocenters. The molecule has 0 N–H and O–H groups in total. The molecule has 0 aromatic carbocycles. The molecule has 0 aromatic heterocycles. The fourth-order valence-corrected chi connectivity index (χ4v) is 2.57. The number of allylic oxidation sites excluding steroid dienone is 4. The summed E-state index contributed by atoms with van der Waals surface area (Å²) in [5.41, 5.74) is 1.10. The Bertz CT molecular complexity index is 298. The molecule has 68 valence electrons. The predicted octanol–water partition coefficient (Wildman–Crippen LogP) is 2.51. The van der Waals surface area contributed by atoms with E-state index in [2.05, 4.69) is 13.2 Å². The molecule has 2 aliphatic rings. The lowest BCUT2D eigenvalue weighted by Gasteiger charge is -2.25. The molecule has 1 saturated carbocycles. The van der Waals surface area contributed by atoms with Gasteiger partial charge in [-0.2, -0.15) is 0 Å². The molecule has 2 aliphatic carbocycles. The van der Waals surface area contributed by atoms with Crippen LogP contribution in [0.3, 0.4) is 0 Å². The lowest BCUT2D eigenvalue weighted by molar-refractivity contribution is -0.119. The minimum Gasteiger partial charge on any atom is -0.295 e. The molecule has 0 amide bonds. The molecule has 2 rings (SSSR count). The number of carbonyl (C=O) groups is 1. The molecular weight excluding hydrogens is 160 g/mol. The van der Waals surface area contributed by atoms with Crippen LogP contribution in [-0.4, -0.2) is 5.78 Å². The second-order valence-corrected chi connectivity index (χ2v) is 3.92. The lowest BCUT2D eigenvalue weighted by atomic mass is 9.78. The van der Waals surface area contributed by atoms with Gasteiger partial charge >= 0.3 is 0 Å². The molecular formula is C12H14O. The van der Waals surface area contributed by atoms with Gasteiger partial charge in [-0.1, -0.05) is 24.3 Å². The van der Waals surface area contributed by atoms with Gasteiger partial charge in [0.25, 0.3) is 0 Å². The lowest BCUT2D eigenvalue weighted by Crippen LogP contribution is -2.24. The molecule has 0 heterocycles. The minimum atomic E-state index is 0.195. The van der Waals surface area contributed by atoms with E-state index in [4.69, 9.17) is 0 Å². The van der Waals surface area contributed by atoms with Gasteiger partial charge in [0.1, 0.15) is 0 Å². The van der Waals surface area contributed by atoms with E-state index in [9.17, 15) is 4.79 Å². The molecule has 0 saturated heterocycles. The van der Waals surface area contributed by atoms with Gasteiger partial charge < -0.3 is 0 Å². The first kappa shape index (κ1) is 8.49. The van der Waals surface area contributed by atoms with Crippen molar-refractivity contribution in [1.29, 1.82) is 0 Å². The third-order valence-electron chi connectivity index (χ3n) is 3.26. The number of rotatable bonds is 1. The summed E-state index contributed by atoms with van der Waals surface area (Å²) >= 11 is 0. The highest BCUT2D eigenvalue weighted by atomic mass is 16.1. The van der Waals surface area contributed by atoms with Crippen molar-refractivity contribution < 1.29 is 4.79 Å². The van der Waals surface area contributed by atoms with Gasteiger partial charge in [0.2, 0.25) is 0 Å². The fraction of sp³-hybridized carbons (Fsp3) is 0.417. The molecule has 0 aliphatic heterocycles. The van der Waals surface area contributed by atoms with E-state index in [0.29, 0.717) is 11.8 Å². The van der Waals surface area contributed by atoms with E-state index < -0.39 is 0 Å². The summed E-state index contributed by atoms with van der Waals surface area (Å²) in [5.74, 6) is 1.28. The topological polar surface area (TPSA) is 17.1 Å². The van der Waals surface area contributed by atoms with Crippen molar-refractivity contribution in [3.63, 3.8) is 0 Å². The number of carbonyl (C=O) groups excluding carboxylic acids is 1. The zero-order chi connectivity index (χ0) is 9.42. The molecule has 1 fully saturated rings. The van der Waals surface area contributed by atoms with Crippen molar-refractivity contribution in [2.75, 3.05) is 0 Å².